The molecule has 1 N–H and O–H groups in total. The monoisotopic (exact) mass is 247 g/mol. The van der Waals surface area contributed by atoms with Crippen molar-refractivity contribution in [3.63, 3.8) is 0 Å². The zero-order valence-electron chi connectivity index (χ0n) is 7.58. The van der Waals surface area contributed by atoms with Gasteiger partial charge in [0.05, 0.1) is 26.9 Å². The second-order valence-electron chi connectivity index (χ2n) is 3.03. The number of halogens is 3. The van der Waals surface area contributed by atoms with Crippen molar-refractivity contribution < 1.29 is 23.1 Å². The van der Waals surface area contributed by atoms with Crippen LogP contribution in [0.1, 0.15) is 15.9 Å². The van der Waals surface area contributed by atoms with Crippen LogP contribution in [0.2, 0.25) is 0 Å². The van der Waals surface area contributed by atoms with Gasteiger partial charge in [-0.05, 0) is 12.1 Å². The molecule has 0 fully saturated rings. The number of carboxylic acids is 1. The molecule has 16 heavy (non-hydrogen) atoms. The number of aromatic nitrogens is 1. The first-order chi connectivity index (χ1) is 7.39. The highest BCUT2D eigenvalue weighted by Crippen LogP contribution is 2.34. The summed E-state index contributed by atoms with van der Waals surface area (Å²) in [6.45, 7) is 0. The van der Waals surface area contributed by atoms with Crippen LogP contribution < -0.4 is 0 Å². The quantitative estimate of drug-likeness (QED) is 0.842. The summed E-state index contributed by atoms with van der Waals surface area (Å²) in [6, 6.07) is 1.47. The minimum absolute atomic E-state index is 0.0530. The Morgan fingerprint density at radius 2 is 2.06 bits per heavy atom. The summed E-state index contributed by atoms with van der Waals surface area (Å²) in [6.07, 6.45) is -4.57. The first-order valence-electron chi connectivity index (χ1n) is 4.07. The molecule has 0 unspecified atom stereocenters. The molecule has 2 rings (SSSR count). The van der Waals surface area contributed by atoms with Crippen LogP contribution in [0.3, 0.4) is 0 Å². The standard InChI is InChI=1S/C9H4F3NO2S/c10-9(11,12)4-1-5(8(14)15)7-6(2-4)13-3-16-7/h1-3H,(H,14,15). The van der Waals surface area contributed by atoms with Crippen LogP contribution in [0.15, 0.2) is 17.6 Å². The Hall–Kier alpha value is -1.63. The average molecular weight is 247 g/mol. The molecule has 3 nitrogen and oxygen atoms in total. The van der Waals surface area contributed by atoms with Crippen LogP contribution in [0.5, 0.6) is 0 Å². The summed E-state index contributed by atoms with van der Waals surface area (Å²) in [5.41, 5.74) is 0.00455. The van der Waals surface area contributed by atoms with Gasteiger partial charge in [0, 0.05) is 0 Å². The zero-order valence-corrected chi connectivity index (χ0v) is 8.39. The Morgan fingerprint density at radius 3 is 2.62 bits per heavy atom. The van der Waals surface area contributed by atoms with Gasteiger partial charge in [0.15, 0.2) is 0 Å². The van der Waals surface area contributed by atoms with Gasteiger partial charge in [-0.1, -0.05) is 0 Å². The number of alkyl halides is 3. The molecule has 0 aliphatic carbocycles. The molecule has 0 saturated heterocycles. The predicted molar refractivity (Wildman–Crippen MR) is 51.6 cm³/mol. The fraction of sp³-hybridized carbons (Fsp3) is 0.111. The number of hydrogen-bond donors (Lipinski definition) is 1. The van der Waals surface area contributed by atoms with E-state index in [1.807, 2.05) is 0 Å². The normalized spacial score (nSPS) is 11.9. The van der Waals surface area contributed by atoms with E-state index in [1.165, 1.54) is 5.51 Å². The van der Waals surface area contributed by atoms with Gasteiger partial charge in [-0.2, -0.15) is 13.2 Å². The number of rotatable bonds is 1. The van der Waals surface area contributed by atoms with Gasteiger partial charge in [0.1, 0.15) is 0 Å². The van der Waals surface area contributed by atoms with Crippen molar-refractivity contribution in [2.24, 2.45) is 0 Å². The lowest BCUT2D eigenvalue weighted by molar-refractivity contribution is -0.137. The van der Waals surface area contributed by atoms with E-state index in [4.69, 9.17) is 5.11 Å². The minimum Gasteiger partial charge on any atom is -0.478 e. The largest absolute Gasteiger partial charge is 0.478 e. The lowest BCUT2D eigenvalue weighted by Gasteiger charge is -2.07. The fourth-order valence-electron chi connectivity index (χ4n) is 1.29. The van der Waals surface area contributed by atoms with Crippen LogP contribution in [0, 0.1) is 0 Å². The van der Waals surface area contributed by atoms with Crippen LogP contribution >= 0.6 is 11.3 Å². The smallest absolute Gasteiger partial charge is 0.416 e. The molecule has 0 aliphatic heterocycles. The van der Waals surface area contributed by atoms with E-state index in [0.717, 1.165) is 17.4 Å². The Kier molecular flexibility index (Phi) is 2.34. The third-order valence-corrected chi connectivity index (χ3v) is 2.86. The predicted octanol–water partition coefficient (Wildman–Crippen LogP) is 3.01. The van der Waals surface area contributed by atoms with Crippen molar-refractivity contribution in [2.45, 2.75) is 6.18 Å². The van der Waals surface area contributed by atoms with Crippen LogP contribution in [-0.2, 0) is 6.18 Å². The van der Waals surface area contributed by atoms with E-state index in [0.29, 0.717) is 6.07 Å². The Labute approximate surface area is 91.2 Å². The summed E-state index contributed by atoms with van der Waals surface area (Å²) in [7, 11) is 0. The van der Waals surface area contributed by atoms with E-state index in [1.54, 1.807) is 0 Å². The van der Waals surface area contributed by atoms with Gasteiger partial charge in [0.25, 0.3) is 0 Å². The highest BCUT2D eigenvalue weighted by atomic mass is 32.1. The summed E-state index contributed by atoms with van der Waals surface area (Å²) >= 11 is 1.00. The Morgan fingerprint density at radius 1 is 1.38 bits per heavy atom. The molecule has 0 spiro atoms. The molecule has 1 heterocycles. The zero-order chi connectivity index (χ0) is 11.9. The van der Waals surface area contributed by atoms with E-state index in [-0.39, 0.29) is 15.8 Å². The van der Waals surface area contributed by atoms with Crippen LogP contribution in [0.25, 0.3) is 10.2 Å². The SMILES string of the molecule is O=C(O)c1cc(C(F)(F)F)cc2ncsc12. The summed E-state index contributed by atoms with van der Waals surface area (Å²) in [4.78, 5) is 14.5. The fourth-order valence-corrected chi connectivity index (χ4v) is 2.07. The summed E-state index contributed by atoms with van der Waals surface area (Å²) < 4.78 is 37.6. The molecular weight excluding hydrogens is 243 g/mol. The van der Waals surface area contributed by atoms with E-state index in [2.05, 4.69) is 4.98 Å². The second-order valence-corrected chi connectivity index (χ2v) is 3.88. The van der Waals surface area contributed by atoms with Crippen molar-refractivity contribution in [1.82, 2.24) is 4.98 Å². The molecule has 7 heteroatoms. The van der Waals surface area contributed by atoms with Crippen LogP contribution in [-0.4, -0.2) is 16.1 Å². The van der Waals surface area contributed by atoms with Crippen molar-refractivity contribution >= 4 is 27.5 Å². The van der Waals surface area contributed by atoms with Crippen molar-refractivity contribution in [2.75, 3.05) is 0 Å². The van der Waals surface area contributed by atoms with Gasteiger partial charge in [-0.25, -0.2) is 9.78 Å². The van der Waals surface area contributed by atoms with Crippen LogP contribution in [0.4, 0.5) is 13.2 Å². The molecular formula is C9H4F3NO2S. The number of nitrogens with zero attached hydrogens (tertiary/aromatic N) is 1. The second kappa shape index (κ2) is 3.44. The maximum absolute atomic E-state index is 12.4. The topological polar surface area (TPSA) is 50.2 Å². The first-order valence-corrected chi connectivity index (χ1v) is 4.95. The molecule has 84 valence electrons. The van der Waals surface area contributed by atoms with Gasteiger partial charge in [0.2, 0.25) is 0 Å². The molecule has 0 amide bonds. The highest BCUT2D eigenvalue weighted by molar-refractivity contribution is 7.17. The number of thiazole rings is 1. The van der Waals surface area contributed by atoms with Crippen molar-refractivity contribution in [3.05, 3.63) is 28.8 Å². The van der Waals surface area contributed by atoms with Crippen molar-refractivity contribution in [1.29, 1.82) is 0 Å². The third-order valence-electron chi connectivity index (χ3n) is 1.99. The van der Waals surface area contributed by atoms with Gasteiger partial charge < -0.3 is 5.11 Å². The first kappa shape index (κ1) is 10.9. The maximum Gasteiger partial charge on any atom is 0.416 e. The molecule has 1 aromatic carbocycles. The number of benzene rings is 1. The number of carbonyl (C=O) groups is 1. The maximum atomic E-state index is 12.4. The Bertz CT molecular complexity index is 561. The number of carboxylic acid groups (broad SMARTS) is 1. The lowest BCUT2D eigenvalue weighted by Crippen LogP contribution is -2.07. The Balaban J connectivity index is 2.76. The van der Waals surface area contributed by atoms with E-state index >= 15 is 0 Å². The van der Waals surface area contributed by atoms with Gasteiger partial charge in [-0.3, -0.25) is 0 Å². The third kappa shape index (κ3) is 1.73. The number of aromatic carboxylic acids is 1. The summed E-state index contributed by atoms with van der Waals surface area (Å²) in [5.74, 6) is -1.39. The van der Waals surface area contributed by atoms with Crippen molar-refractivity contribution in [3.8, 4) is 0 Å². The highest BCUT2D eigenvalue weighted by Gasteiger charge is 2.32. The van der Waals surface area contributed by atoms with Gasteiger partial charge in [-0.15, -0.1) is 11.3 Å². The van der Waals surface area contributed by atoms with E-state index in [9.17, 15) is 18.0 Å². The van der Waals surface area contributed by atoms with E-state index < -0.39 is 17.7 Å². The molecule has 0 aliphatic rings. The number of fused-ring (bicyclic) bond motifs is 1. The molecule has 0 radical (unpaired) electrons. The van der Waals surface area contributed by atoms with Gasteiger partial charge >= 0.3 is 12.1 Å². The average Bonchev–Trinajstić information content (AvgIpc) is 2.61. The molecule has 0 atom stereocenters. The number of hydrogen-bond acceptors (Lipinski definition) is 3. The lowest BCUT2D eigenvalue weighted by atomic mass is 10.1. The molecule has 0 bridgehead atoms. The minimum atomic E-state index is -4.57. The molecule has 1 aromatic heterocycles. The molecule has 2 aromatic rings. The summed E-state index contributed by atoms with van der Waals surface area (Å²) in [5, 5.41) is 8.80. The molecule has 0 saturated carbocycles.